The van der Waals surface area contributed by atoms with Crippen molar-refractivity contribution < 1.29 is 41.4 Å². The molecule has 0 aromatic heterocycles. The summed E-state index contributed by atoms with van der Waals surface area (Å²) in [5.74, 6) is -4.46. The van der Waals surface area contributed by atoms with E-state index in [4.69, 9.17) is 4.74 Å². The standard InChI is InChI=1S/C23H25F2N3O7S/c1-27(2)23(32)35-15-7-5-14(6-8-15)12-19(22(30)31)26-21(29)20-4-3-11-28(20)36(33,34)16-9-10-17(24)18(25)13-16/h5-10,13,19-20H,3-4,11-12H2,1-2H3,(H,26,29)(H,30,31)/t19?,20-/m0/s1. The monoisotopic (exact) mass is 525 g/mol. The summed E-state index contributed by atoms with van der Waals surface area (Å²) >= 11 is 0. The highest BCUT2D eigenvalue weighted by molar-refractivity contribution is 7.89. The number of amides is 2. The van der Waals surface area contributed by atoms with Gasteiger partial charge in [-0.15, -0.1) is 0 Å². The second-order valence-corrected chi connectivity index (χ2v) is 10.3. The van der Waals surface area contributed by atoms with Crippen LogP contribution in [-0.2, 0) is 26.0 Å². The molecule has 2 atom stereocenters. The molecule has 0 saturated carbocycles. The maximum absolute atomic E-state index is 13.6. The Labute approximate surface area is 206 Å². The molecule has 1 heterocycles. The number of benzene rings is 2. The third-order valence-corrected chi connectivity index (χ3v) is 7.46. The molecule has 1 saturated heterocycles. The molecule has 13 heteroatoms. The van der Waals surface area contributed by atoms with E-state index in [0.717, 1.165) is 10.4 Å². The molecule has 2 aromatic rings. The predicted octanol–water partition coefficient (Wildman–Crippen LogP) is 1.99. The molecule has 2 aromatic carbocycles. The van der Waals surface area contributed by atoms with Crippen LogP contribution in [0.25, 0.3) is 0 Å². The molecule has 2 N–H and O–H groups in total. The first kappa shape index (κ1) is 27.0. The minimum atomic E-state index is -4.33. The van der Waals surface area contributed by atoms with E-state index >= 15 is 0 Å². The third-order valence-electron chi connectivity index (χ3n) is 5.55. The van der Waals surface area contributed by atoms with Crippen molar-refractivity contribution in [1.82, 2.24) is 14.5 Å². The van der Waals surface area contributed by atoms with Gasteiger partial charge in [0.15, 0.2) is 11.6 Å². The van der Waals surface area contributed by atoms with Crippen LogP contribution in [-0.4, -0.2) is 73.4 Å². The molecule has 10 nitrogen and oxygen atoms in total. The highest BCUT2D eigenvalue weighted by Gasteiger charge is 2.40. The zero-order valence-electron chi connectivity index (χ0n) is 19.5. The Bertz CT molecular complexity index is 1250. The number of nitrogens with zero attached hydrogens (tertiary/aromatic N) is 2. The zero-order chi connectivity index (χ0) is 26.6. The zero-order valence-corrected chi connectivity index (χ0v) is 20.3. The number of carboxylic acids is 1. The topological polar surface area (TPSA) is 133 Å². The van der Waals surface area contributed by atoms with Crippen LogP contribution in [0.15, 0.2) is 47.4 Å². The largest absolute Gasteiger partial charge is 0.480 e. The fourth-order valence-electron chi connectivity index (χ4n) is 3.65. The second kappa shape index (κ2) is 11.0. The van der Waals surface area contributed by atoms with Gasteiger partial charge in [-0.1, -0.05) is 12.1 Å². The van der Waals surface area contributed by atoms with E-state index in [2.05, 4.69) is 5.32 Å². The number of hydrogen-bond donors (Lipinski definition) is 2. The summed E-state index contributed by atoms with van der Waals surface area (Å²) in [6.07, 6.45) is -0.248. The van der Waals surface area contributed by atoms with Gasteiger partial charge in [0, 0.05) is 27.1 Å². The average molecular weight is 526 g/mol. The van der Waals surface area contributed by atoms with Crippen LogP contribution in [0, 0.1) is 11.6 Å². The highest BCUT2D eigenvalue weighted by Crippen LogP contribution is 2.27. The van der Waals surface area contributed by atoms with Gasteiger partial charge in [-0.2, -0.15) is 4.31 Å². The Kier molecular flexibility index (Phi) is 8.25. The summed E-state index contributed by atoms with van der Waals surface area (Å²) in [6, 6.07) is 5.57. The molecular weight excluding hydrogens is 500 g/mol. The van der Waals surface area contributed by atoms with Gasteiger partial charge in [0.1, 0.15) is 17.8 Å². The maximum Gasteiger partial charge on any atom is 0.414 e. The number of rotatable bonds is 8. The number of hydrogen-bond acceptors (Lipinski definition) is 6. The Balaban J connectivity index is 1.71. The summed E-state index contributed by atoms with van der Waals surface area (Å²) in [4.78, 5) is 37.1. The van der Waals surface area contributed by atoms with Crippen LogP contribution < -0.4 is 10.1 Å². The van der Waals surface area contributed by atoms with E-state index in [1.807, 2.05) is 0 Å². The van der Waals surface area contributed by atoms with Gasteiger partial charge in [-0.05, 0) is 48.7 Å². The Hall–Kier alpha value is -3.58. The normalized spacial score (nSPS) is 16.8. The molecule has 1 fully saturated rings. The van der Waals surface area contributed by atoms with Gasteiger partial charge >= 0.3 is 12.1 Å². The van der Waals surface area contributed by atoms with Gasteiger partial charge in [0.25, 0.3) is 0 Å². The SMILES string of the molecule is CN(C)C(=O)Oc1ccc(CC(NC(=O)[C@@H]2CCCN2S(=O)(=O)c2ccc(F)c(F)c2)C(=O)O)cc1. The van der Waals surface area contributed by atoms with Crippen LogP contribution >= 0.6 is 0 Å². The number of ether oxygens (including phenoxy) is 1. The van der Waals surface area contributed by atoms with Crippen molar-refractivity contribution in [2.75, 3.05) is 20.6 Å². The minimum Gasteiger partial charge on any atom is -0.480 e. The number of nitrogens with one attached hydrogen (secondary N) is 1. The molecule has 1 aliphatic heterocycles. The van der Waals surface area contributed by atoms with E-state index in [1.165, 1.54) is 43.3 Å². The smallest absolute Gasteiger partial charge is 0.414 e. The van der Waals surface area contributed by atoms with Gasteiger partial charge in [-0.3, -0.25) is 4.79 Å². The number of carbonyl (C=O) groups excluding carboxylic acids is 2. The Morgan fingerprint density at radius 3 is 2.39 bits per heavy atom. The molecule has 3 rings (SSSR count). The Morgan fingerprint density at radius 1 is 1.14 bits per heavy atom. The summed E-state index contributed by atoms with van der Waals surface area (Å²) in [5, 5.41) is 12.0. The average Bonchev–Trinajstić information content (AvgIpc) is 3.32. The lowest BCUT2D eigenvalue weighted by molar-refractivity contribution is -0.142. The second-order valence-electron chi connectivity index (χ2n) is 8.36. The van der Waals surface area contributed by atoms with Crippen molar-refractivity contribution >= 4 is 28.0 Å². The lowest BCUT2D eigenvalue weighted by atomic mass is 10.1. The molecule has 194 valence electrons. The van der Waals surface area contributed by atoms with E-state index < -0.39 is 56.6 Å². The van der Waals surface area contributed by atoms with Crippen molar-refractivity contribution in [3.63, 3.8) is 0 Å². The molecule has 0 aliphatic carbocycles. The molecule has 2 amide bonds. The van der Waals surface area contributed by atoms with Crippen molar-refractivity contribution in [3.05, 3.63) is 59.7 Å². The number of carboxylic acid groups (broad SMARTS) is 1. The van der Waals surface area contributed by atoms with E-state index in [0.29, 0.717) is 24.1 Å². The molecular formula is C23H25F2N3O7S. The predicted molar refractivity (Wildman–Crippen MR) is 123 cm³/mol. The molecule has 0 bridgehead atoms. The van der Waals surface area contributed by atoms with Crippen LogP contribution in [0.5, 0.6) is 5.75 Å². The molecule has 0 spiro atoms. The molecule has 36 heavy (non-hydrogen) atoms. The summed E-state index contributed by atoms with van der Waals surface area (Å²) in [7, 11) is -1.30. The van der Waals surface area contributed by atoms with Crippen LogP contribution in [0.1, 0.15) is 18.4 Å². The number of halogens is 2. The fraction of sp³-hybridized carbons (Fsp3) is 0.348. The van der Waals surface area contributed by atoms with Gasteiger partial charge in [0.2, 0.25) is 15.9 Å². The van der Waals surface area contributed by atoms with Gasteiger partial charge < -0.3 is 20.1 Å². The lowest BCUT2D eigenvalue weighted by Crippen LogP contribution is -2.51. The first-order valence-corrected chi connectivity index (χ1v) is 12.3. The van der Waals surface area contributed by atoms with Crippen molar-refractivity contribution in [2.45, 2.75) is 36.2 Å². The van der Waals surface area contributed by atoms with E-state index in [9.17, 15) is 36.7 Å². The third kappa shape index (κ3) is 6.15. The first-order valence-electron chi connectivity index (χ1n) is 10.9. The number of aliphatic carboxylic acids is 1. The Morgan fingerprint density at radius 2 is 1.81 bits per heavy atom. The van der Waals surface area contributed by atoms with Gasteiger partial charge in [-0.25, -0.2) is 26.8 Å². The summed E-state index contributed by atoms with van der Waals surface area (Å²) in [6.45, 7) is -0.0374. The van der Waals surface area contributed by atoms with E-state index in [-0.39, 0.29) is 25.1 Å². The first-order chi connectivity index (χ1) is 16.9. The number of carbonyl (C=O) groups is 3. The fourth-order valence-corrected chi connectivity index (χ4v) is 5.32. The summed E-state index contributed by atoms with van der Waals surface area (Å²) < 4.78 is 58.8. The van der Waals surface area contributed by atoms with Crippen LogP contribution in [0.4, 0.5) is 13.6 Å². The van der Waals surface area contributed by atoms with Crippen molar-refractivity contribution in [3.8, 4) is 5.75 Å². The highest BCUT2D eigenvalue weighted by atomic mass is 32.2. The lowest BCUT2D eigenvalue weighted by Gasteiger charge is -2.25. The molecule has 1 unspecified atom stereocenters. The molecule has 1 aliphatic rings. The minimum absolute atomic E-state index is 0.0374. The van der Waals surface area contributed by atoms with Crippen LogP contribution in [0.3, 0.4) is 0 Å². The molecule has 0 radical (unpaired) electrons. The van der Waals surface area contributed by atoms with Crippen molar-refractivity contribution in [1.29, 1.82) is 0 Å². The van der Waals surface area contributed by atoms with Gasteiger partial charge in [0.05, 0.1) is 4.90 Å². The van der Waals surface area contributed by atoms with Crippen LogP contribution in [0.2, 0.25) is 0 Å². The van der Waals surface area contributed by atoms with Crippen molar-refractivity contribution in [2.24, 2.45) is 0 Å². The summed E-state index contributed by atoms with van der Waals surface area (Å²) in [5.41, 5.74) is 0.519. The van der Waals surface area contributed by atoms with E-state index in [1.54, 1.807) is 0 Å². The number of sulfonamides is 1. The quantitative estimate of drug-likeness (QED) is 0.539. The maximum atomic E-state index is 13.6.